The van der Waals surface area contributed by atoms with Crippen LogP contribution in [0.5, 0.6) is 0 Å². The molecule has 2 heterocycles. The molecule has 208 valence electrons. The second-order valence-corrected chi connectivity index (χ2v) is 11.3. The molecule has 0 aromatic rings. The number of ether oxygens (including phenoxy) is 3. The number of hydrogen-bond acceptors (Lipinski definition) is 8. The molecule has 0 bridgehead atoms. The van der Waals surface area contributed by atoms with Gasteiger partial charge in [-0.2, -0.15) is 0 Å². The van der Waals surface area contributed by atoms with Gasteiger partial charge in [0.1, 0.15) is 29.3 Å². The molecule has 0 aromatic heterocycles. The molecule has 0 unspecified atom stereocenters. The van der Waals surface area contributed by atoms with Crippen molar-refractivity contribution in [2.45, 2.75) is 115 Å². The Balaban J connectivity index is 2.20. The summed E-state index contributed by atoms with van der Waals surface area (Å²) in [6.07, 6.45) is 4.73. The average Bonchev–Trinajstić information content (AvgIpc) is 3.17. The summed E-state index contributed by atoms with van der Waals surface area (Å²) in [5.41, 5.74) is -1.49. The van der Waals surface area contributed by atoms with E-state index in [0.29, 0.717) is 19.3 Å². The first-order valence-electron chi connectivity index (χ1n) is 12.7. The second kappa shape index (κ2) is 12.4. The van der Waals surface area contributed by atoms with E-state index < -0.39 is 53.3 Å². The summed E-state index contributed by atoms with van der Waals surface area (Å²) in [5, 5.41) is 5.24. The first kappa shape index (κ1) is 30.1. The van der Waals surface area contributed by atoms with Gasteiger partial charge in [-0.1, -0.05) is 12.2 Å². The van der Waals surface area contributed by atoms with Gasteiger partial charge in [-0.3, -0.25) is 14.4 Å². The van der Waals surface area contributed by atoms with Crippen molar-refractivity contribution in [2.24, 2.45) is 0 Å². The maximum Gasteiger partial charge on any atom is 0.407 e. The highest BCUT2D eigenvalue weighted by Crippen LogP contribution is 2.30. The quantitative estimate of drug-likeness (QED) is 0.294. The molecule has 11 nitrogen and oxygen atoms in total. The molecule has 0 aliphatic carbocycles. The van der Waals surface area contributed by atoms with E-state index in [4.69, 9.17) is 9.47 Å². The van der Waals surface area contributed by atoms with E-state index in [-0.39, 0.29) is 31.2 Å². The highest BCUT2D eigenvalue weighted by Gasteiger charge is 2.44. The lowest BCUT2D eigenvalue weighted by Crippen LogP contribution is -2.57. The molecule has 37 heavy (non-hydrogen) atoms. The molecule has 2 rings (SSSR count). The molecule has 4 atom stereocenters. The number of nitrogens with one attached hydrogen (secondary N) is 2. The minimum Gasteiger partial charge on any atom is -0.460 e. The molecule has 1 saturated heterocycles. The van der Waals surface area contributed by atoms with Gasteiger partial charge in [0, 0.05) is 12.5 Å². The van der Waals surface area contributed by atoms with Crippen molar-refractivity contribution < 1.29 is 38.2 Å². The number of carbonyl (C=O) groups is 5. The van der Waals surface area contributed by atoms with E-state index >= 15 is 0 Å². The summed E-state index contributed by atoms with van der Waals surface area (Å²) < 4.78 is 15.4. The summed E-state index contributed by atoms with van der Waals surface area (Å²) in [6.45, 7) is 10.4. The number of fused-ring (bicyclic) bond motifs is 1. The van der Waals surface area contributed by atoms with Crippen LogP contribution < -0.4 is 10.6 Å². The molecule has 3 amide bonds. The Morgan fingerprint density at radius 2 is 1.62 bits per heavy atom. The Morgan fingerprint density at radius 1 is 1.00 bits per heavy atom. The number of hydrogen-bond donors (Lipinski definition) is 2. The zero-order valence-corrected chi connectivity index (χ0v) is 22.9. The molecular weight excluding hydrogens is 482 g/mol. The van der Waals surface area contributed by atoms with Crippen molar-refractivity contribution in [2.75, 3.05) is 7.11 Å². The van der Waals surface area contributed by atoms with Crippen molar-refractivity contribution in [1.82, 2.24) is 15.5 Å². The van der Waals surface area contributed by atoms with E-state index in [0.717, 1.165) is 0 Å². The molecule has 2 N–H and O–H groups in total. The van der Waals surface area contributed by atoms with Gasteiger partial charge in [0.25, 0.3) is 0 Å². The largest absolute Gasteiger partial charge is 0.460 e. The summed E-state index contributed by atoms with van der Waals surface area (Å²) in [5.74, 6) is -2.08. The first-order chi connectivity index (χ1) is 17.1. The molecule has 2 aliphatic heterocycles. The molecule has 11 heteroatoms. The smallest absolute Gasteiger partial charge is 0.407 e. The fraction of sp³-hybridized carbons (Fsp3) is 0.731. The average molecular weight is 524 g/mol. The number of alkyl carbamates (subject to hydrolysis) is 1. The molecule has 0 spiro atoms. The SMILES string of the molecule is COC(=O)N[C@H]1C/C=C\C[C@@H]2CC[C@@H](C(=O)N[C@@H](CCC(=O)OC(C)(C)C)C(=O)OC(C)(C)C)N2C1=O. The van der Waals surface area contributed by atoms with Crippen molar-refractivity contribution in [3.8, 4) is 0 Å². The van der Waals surface area contributed by atoms with Gasteiger partial charge >= 0.3 is 18.0 Å². The Labute approximate surface area is 218 Å². The van der Waals surface area contributed by atoms with Crippen molar-refractivity contribution in [3.05, 3.63) is 12.2 Å². The zero-order chi connectivity index (χ0) is 28.0. The van der Waals surface area contributed by atoms with E-state index in [1.807, 2.05) is 12.2 Å². The van der Waals surface area contributed by atoms with E-state index in [1.54, 1.807) is 41.5 Å². The van der Waals surface area contributed by atoms with Crippen molar-refractivity contribution >= 4 is 29.8 Å². The molecule has 0 saturated carbocycles. The number of amides is 3. The molecule has 0 aromatic carbocycles. The van der Waals surface area contributed by atoms with E-state index in [9.17, 15) is 24.0 Å². The van der Waals surface area contributed by atoms with Crippen LogP contribution in [0.4, 0.5) is 4.79 Å². The van der Waals surface area contributed by atoms with E-state index in [1.165, 1.54) is 12.0 Å². The third-order valence-electron chi connectivity index (χ3n) is 5.85. The van der Waals surface area contributed by atoms with Crippen LogP contribution in [0, 0.1) is 0 Å². The normalized spacial score (nSPS) is 23.6. The number of methoxy groups -OCH3 is 1. The van der Waals surface area contributed by atoms with Crippen molar-refractivity contribution in [1.29, 1.82) is 0 Å². The fourth-order valence-corrected chi connectivity index (χ4v) is 4.34. The van der Waals surface area contributed by atoms with Gasteiger partial charge in [-0.25, -0.2) is 9.59 Å². The van der Waals surface area contributed by atoms with Crippen LogP contribution in [-0.2, 0) is 33.4 Å². The van der Waals surface area contributed by atoms with Gasteiger partial charge in [-0.05, 0) is 73.6 Å². The lowest BCUT2D eigenvalue weighted by Gasteiger charge is -2.34. The van der Waals surface area contributed by atoms with Gasteiger partial charge in [0.15, 0.2) is 0 Å². The Bertz CT molecular complexity index is 902. The monoisotopic (exact) mass is 523 g/mol. The van der Waals surface area contributed by atoms with Gasteiger partial charge < -0.3 is 29.7 Å². The lowest BCUT2D eigenvalue weighted by atomic mass is 10.0. The van der Waals surface area contributed by atoms with Crippen LogP contribution in [0.25, 0.3) is 0 Å². The summed E-state index contributed by atoms with van der Waals surface area (Å²) in [6, 6.07) is -3.04. The number of rotatable bonds is 7. The van der Waals surface area contributed by atoms with Crippen LogP contribution in [0.15, 0.2) is 12.2 Å². The molecular formula is C26H41N3O8. The first-order valence-corrected chi connectivity index (χ1v) is 12.7. The predicted octanol–water partition coefficient (Wildman–Crippen LogP) is 2.37. The van der Waals surface area contributed by atoms with Crippen molar-refractivity contribution in [3.63, 3.8) is 0 Å². The van der Waals surface area contributed by atoms with Gasteiger partial charge in [0.05, 0.1) is 7.11 Å². The van der Waals surface area contributed by atoms with Crippen LogP contribution in [0.1, 0.15) is 80.1 Å². The lowest BCUT2D eigenvalue weighted by molar-refractivity contribution is -0.160. The highest BCUT2D eigenvalue weighted by atomic mass is 16.6. The summed E-state index contributed by atoms with van der Waals surface area (Å²) in [7, 11) is 1.21. The maximum absolute atomic E-state index is 13.4. The number of esters is 2. The minimum absolute atomic E-state index is 0.0189. The summed E-state index contributed by atoms with van der Waals surface area (Å²) >= 11 is 0. The maximum atomic E-state index is 13.4. The third-order valence-corrected chi connectivity index (χ3v) is 5.85. The second-order valence-electron chi connectivity index (χ2n) is 11.3. The Morgan fingerprint density at radius 3 is 2.22 bits per heavy atom. The predicted molar refractivity (Wildman–Crippen MR) is 134 cm³/mol. The topological polar surface area (TPSA) is 140 Å². The molecule has 2 aliphatic rings. The molecule has 0 radical (unpaired) electrons. The van der Waals surface area contributed by atoms with Crippen LogP contribution in [-0.4, -0.2) is 77.2 Å². The zero-order valence-electron chi connectivity index (χ0n) is 22.9. The Hall–Kier alpha value is -3.11. The fourth-order valence-electron chi connectivity index (χ4n) is 4.34. The van der Waals surface area contributed by atoms with Gasteiger partial charge in [-0.15, -0.1) is 0 Å². The number of carbonyl (C=O) groups excluding carboxylic acids is 5. The standard InChI is InChI=1S/C26H41N3O8/c1-25(2,3)36-20(30)15-13-18(23(33)37-26(4,5)6)27-21(31)19-14-12-16-10-8-9-11-17(22(32)29(16)19)28-24(34)35-7/h8-9,16-19H,10-15H2,1-7H3,(H,27,31)(H,28,34)/b9-8-/t16-,17+,18+,19+/m1/s1. The van der Waals surface area contributed by atoms with Gasteiger partial charge in [0.2, 0.25) is 11.8 Å². The minimum atomic E-state index is -1.10. The van der Waals surface area contributed by atoms with Crippen LogP contribution in [0.3, 0.4) is 0 Å². The Kier molecular flexibility index (Phi) is 10.1. The molecule has 1 fully saturated rings. The third kappa shape index (κ3) is 9.36. The van der Waals surface area contributed by atoms with E-state index in [2.05, 4.69) is 15.4 Å². The van der Waals surface area contributed by atoms with Crippen LogP contribution in [0.2, 0.25) is 0 Å². The summed E-state index contributed by atoms with van der Waals surface area (Å²) in [4.78, 5) is 65.3. The highest BCUT2D eigenvalue weighted by molar-refractivity contribution is 5.94. The van der Waals surface area contributed by atoms with Crippen LogP contribution >= 0.6 is 0 Å². The number of nitrogens with zero attached hydrogens (tertiary/aromatic N) is 1.